The summed E-state index contributed by atoms with van der Waals surface area (Å²) in [6.45, 7) is 4.59. The molecule has 0 aliphatic rings. The van der Waals surface area contributed by atoms with Crippen LogP contribution in [0.15, 0.2) is 18.2 Å². The van der Waals surface area contributed by atoms with Gasteiger partial charge in [0.15, 0.2) is 0 Å². The first-order valence-electron chi connectivity index (χ1n) is 5.92. The number of carboxylic acid groups (broad SMARTS) is 1. The van der Waals surface area contributed by atoms with E-state index in [9.17, 15) is 4.79 Å². The van der Waals surface area contributed by atoms with Crippen molar-refractivity contribution in [3.8, 4) is 5.75 Å². The summed E-state index contributed by atoms with van der Waals surface area (Å²) >= 11 is 0. The Balaban J connectivity index is 2.75. The molecule has 0 bridgehead atoms. The van der Waals surface area contributed by atoms with E-state index in [1.54, 1.807) is 25.3 Å². The lowest BCUT2D eigenvalue weighted by Crippen LogP contribution is -2.25. The van der Waals surface area contributed by atoms with Crippen LogP contribution in [0.3, 0.4) is 0 Å². The van der Waals surface area contributed by atoms with Crippen molar-refractivity contribution in [1.82, 2.24) is 4.90 Å². The lowest BCUT2D eigenvalue weighted by molar-refractivity contribution is 0.0698. The Kier molecular flexibility index (Phi) is 5.45. The molecule has 2 N–H and O–H groups in total. The fraction of sp³-hybridized carbons (Fsp3) is 0.462. The molecule has 0 spiro atoms. The van der Waals surface area contributed by atoms with E-state index >= 15 is 0 Å². The number of anilines is 1. The van der Waals surface area contributed by atoms with Gasteiger partial charge in [0.1, 0.15) is 5.75 Å². The van der Waals surface area contributed by atoms with Crippen molar-refractivity contribution in [2.24, 2.45) is 0 Å². The Morgan fingerprint density at radius 2 is 2.22 bits per heavy atom. The summed E-state index contributed by atoms with van der Waals surface area (Å²) in [5.41, 5.74) is 0.848. The Morgan fingerprint density at radius 3 is 2.78 bits per heavy atom. The van der Waals surface area contributed by atoms with E-state index in [0.717, 1.165) is 13.1 Å². The molecule has 0 saturated heterocycles. The molecule has 0 aliphatic heterocycles. The van der Waals surface area contributed by atoms with E-state index in [1.165, 1.54) is 0 Å². The van der Waals surface area contributed by atoms with E-state index in [-0.39, 0.29) is 5.56 Å². The highest BCUT2D eigenvalue weighted by Crippen LogP contribution is 2.22. The van der Waals surface area contributed by atoms with Crippen LogP contribution < -0.4 is 10.1 Å². The first kappa shape index (κ1) is 14.3. The maximum absolute atomic E-state index is 11.1. The van der Waals surface area contributed by atoms with Gasteiger partial charge in [0.05, 0.1) is 18.4 Å². The quantitative estimate of drug-likeness (QED) is 0.774. The summed E-state index contributed by atoms with van der Waals surface area (Å²) in [5, 5.41) is 12.2. The van der Waals surface area contributed by atoms with Crippen LogP contribution in [-0.4, -0.2) is 49.8 Å². The molecule has 5 nitrogen and oxygen atoms in total. The van der Waals surface area contributed by atoms with Gasteiger partial charge in [0.2, 0.25) is 0 Å². The van der Waals surface area contributed by atoms with Gasteiger partial charge in [-0.2, -0.15) is 0 Å². The molecule has 0 saturated carbocycles. The Hall–Kier alpha value is -1.75. The normalized spacial score (nSPS) is 10.4. The van der Waals surface area contributed by atoms with Crippen molar-refractivity contribution in [2.45, 2.75) is 6.92 Å². The molecule has 1 rings (SSSR count). The average Bonchev–Trinajstić information content (AvgIpc) is 2.37. The third-order valence-electron chi connectivity index (χ3n) is 2.81. The first-order valence-corrected chi connectivity index (χ1v) is 5.92. The van der Waals surface area contributed by atoms with Crippen molar-refractivity contribution >= 4 is 11.7 Å². The highest BCUT2D eigenvalue weighted by atomic mass is 16.5. The zero-order chi connectivity index (χ0) is 13.5. The maximum Gasteiger partial charge on any atom is 0.337 e. The Morgan fingerprint density at radius 1 is 1.50 bits per heavy atom. The molecule has 0 fully saturated rings. The fourth-order valence-corrected chi connectivity index (χ4v) is 1.52. The summed E-state index contributed by atoms with van der Waals surface area (Å²) < 4.78 is 5.09. The van der Waals surface area contributed by atoms with Crippen LogP contribution in [0.5, 0.6) is 5.75 Å². The molecule has 0 radical (unpaired) electrons. The highest BCUT2D eigenvalue weighted by molar-refractivity contribution is 5.94. The van der Waals surface area contributed by atoms with Gasteiger partial charge in [-0.25, -0.2) is 4.79 Å². The lowest BCUT2D eigenvalue weighted by Gasteiger charge is -2.16. The van der Waals surface area contributed by atoms with Gasteiger partial charge in [-0.15, -0.1) is 0 Å². The Bertz CT molecular complexity index is 407. The smallest absolute Gasteiger partial charge is 0.337 e. The van der Waals surface area contributed by atoms with Crippen LogP contribution in [0.2, 0.25) is 0 Å². The molecule has 0 aromatic heterocycles. The van der Waals surface area contributed by atoms with E-state index in [2.05, 4.69) is 17.1 Å². The number of methoxy groups -OCH3 is 1. The molecule has 0 aliphatic carbocycles. The summed E-state index contributed by atoms with van der Waals surface area (Å²) in [6.07, 6.45) is 0. The maximum atomic E-state index is 11.1. The number of nitrogens with zero attached hydrogens (tertiary/aromatic N) is 1. The molecule has 0 amide bonds. The number of hydrogen-bond donors (Lipinski definition) is 2. The highest BCUT2D eigenvalue weighted by Gasteiger charge is 2.10. The number of rotatable bonds is 7. The van der Waals surface area contributed by atoms with E-state index in [1.807, 2.05) is 7.05 Å². The zero-order valence-electron chi connectivity index (χ0n) is 11.1. The molecular formula is C13H20N2O3. The standard InChI is InChI=1S/C13H20N2O3/c1-4-15(2)8-7-14-12-9-10(18-3)5-6-11(12)13(16)17/h5-6,9,14H,4,7-8H2,1-3H3,(H,16,17). The van der Waals surface area contributed by atoms with Gasteiger partial charge in [0.25, 0.3) is 0 Å². The van der Waals surface area contributed by atoms with Gasteiger partial charge in [0, 0.05) is 19.2 Å². The number of benzene rings is 1. The average molecular weight is 252 g/mol. The fourth-order valence-electron chi connectivity index (χ4n) is 1.52. The molecular weight excluding hydrogens is 232 g/mol. The minimum absolute atomic E-state index is 0.259. The van der Waals surface area contributed by atoms with Gasteiger partial charge in [-0.1, -0.05) is 6.92 Å². The van der Waals surface area contributed by atoms with Crippen LogP contribution in [0, 0.1) is 0 Å². The van der Waals surface area contributed by atoms with Crippen LogP contribution >= 0.6 is 0 Å². The SMILES string of the molecule is CCN(C)CCNc1cc(OC)ccc1C(=O)O. The largest absolute Gasteiger partial charge is 0.497 e. The number of likely N-dealkylation sites (N-methyl/N-ethyl adjacent to an activating group) is 1. The zero-order valence-corrected chi connectivity index (χ0v) is 11.1. The van der Waals surface area contributed by atoms with Crippen molar-refractivity contribution in [3.63, 3.8) is 0 Å². The topological polar surface area (TPSA) is 61.8 Å². The van der Waals surface area contributed by atoms with E-state index < -0.39 is 5.97 Å². The number of ether oxygens (including phenoxy) is 1. The van der Waals surface area contributed by atoms with Crippen LogP contribution in [0.1, 0.15) is 17.3 Å². The molecule has 100 valence electrons. The summed E-state index contributed by atoms with van der Waals surface area (Å²) in [4.78, 5) is 13.2. The molecule has 1 aromatic carbocycles. The van der Waals surface area contributed by atoms with Crippen molar-refractivity contribution < 1.29 is 14.6 Å². The second-order valence-corrected chi connectivity index (χ2v) is 4.04. The molecule has 5 heteroatoms. The van der Waals surface area contributed by atoms with Crippen molar-refractivity contribution in [2.75, 3.05) is 39.1 Å². The van der Waals surface area contributed by atoms with Crippen molar-refractivity contribution in [1.29, 1.82) is 0 Å². The predicted molar refractivity (Wildman–Crippen MR) is 71.6 cm³/mol. The predicted octanol–water partition coefficient (Wildman–Crippen LogP) is 1.76. The summed E-state index contributed by atoms with van der Waals surface area (Å²) in [5.74, 6) is -0.296. The number of carbonyl (C=O) groups is 1. The Labute approximate surface area is 107 Å². The van der Waals surface area contributed by atoms with Crippen LogP contribution in [0.4, 0.5) is 5.69 Å². The number of carboxylic acids is 1. The molecule has 0 atom stereocenters. The second-order valence-electron chi connectivity index (χ2n) is 4.04. The lowest BCUT2D eigenvalue weighted by atomic mass is 10.1. The van der Waals surface area contributed by atoms with Crippen LogP contribution in [0.25, 0.3) is 0 Å². The van der Waals surface area contributed by atoms with E-state index in [0.29, 0.717) is 18.0 Å². The number of hydrogen-bond acceptors (Lipinski definition) is 4. The third-order valence-corrected chi connectivity index (χ3v) is 2.81. The number of nitrogens with one attached hydrogen (secondary N) is 1. The van der Waals surface area contributed by atoms with Crippen molar-refractivity contribution in [3.05, 3.63) is 23.8 Å². The monoisotopic (exact) mass is 252 g/mol. The van der Waals surface area contributed by atoms with Gasteiger partial charge < -0.3 is 20.1 Å². The second kappa shape index (κ2) is 6.86. The molecule has 0 unspecified atom stereocenters. The molecule has 0 heterocycles. The van der Waals surface area contributed by atoms with E-state index in [4.69, 9.17) is 9.84 Å². The third kappa shape index (κ3) is 3.92. The minimum Gasteiger partial charge on any atom is -0.497 e. The summed E-state index contributed by atoms with van der Waals surface area (Å²) in [7, 11) is 3.58. The van der Waals surface area contributed by atoms with Gasteiger partial charge in [-0.05, 0) is 25.7 Å². The summed E-state index contributed by atoms with van der Waals surface area (Å²) in [6, 6.07) is 4.90. The van der Waals surface area contributed by atoms with Gasteiger partial charge in [-0.3, -0.25) is 0 Å². The first-order chi connectivity index (χ1) is 8.58. The molecule has 18 heavy (non-hydrogen) atoms. The minimum atomic E-state index is -0.941. The van der Waals surface area contributed by atoms with Crippen LogP contribution in [-0.2, 0) is 0 Å². The molecule has 1 aromatic rings. The van der Waals surface area contributed by atoms with Gasteiger partial charge >= 0.3 is 5.97 Å². The number of aromatic carboxylic acids is 1.